The van der Waals surface area contributed by atoms with Crippen LogP contribution in [0, 0.1) is 12.5 Å². The number of hydrogen-bond donors (Lipinski definition) is 4. The number of nitrogens with one attached hydrogen (secondary N) is 4. The van der Waals surface area contributed by atoms with E-state index in [9.17, 15) is 4.79 Å². The fourth-order valence-corrected chi connectivity index (χ4v) is 3.99. The Balaban J connectivity index is 1.42. The summed E-state index contributed by atoms with van der Waals surface area (Å²) < 4.78 is 5.37. The predicted molar refractivity (Wildman–Crippen MR) is 130 cm³/mol. The molecule has 2 fully saturated rings. The van der Waals surface area contributed by atoms with Crippen molar-refractivity contribution in [3.8, 4) is 0 Å². The summed E-state index contributed by atoms with van der Waals surface area (Å²) >= 11 is 0. The van der Waals surface area contributed by atoms with Crippen molar-refractivity contribution < 1.29 is 9.53 Å². The van der Waals surface area contributed by atoms with Gasteiger partial charge in [-0.1, -0.05) is 6.57 Å². The Morgan fingerprint density at radius 1 is 1.18 bits per heavy atom. The molecule has 0 saturated carbocycles. The smallest absolute Gasteiger partial charge is 0.288 e. The van der Waals surface area contributed by atoms with Crippen LogP contribution in [0.25, 0.3) is 4.85 Å². The summed E-state index contributed by atoms with van der Waals surface area (Å²) in [5.41, 5.74) is 1.45. The number of anilines is 4. The predicted octanol–water partition coefficient (Wildman–Crippen LogP) is 2.24. The zero-order chi connectivity index (χ0) is 23.6. The van der Waals surface area contributed by atoms with Crippen molar-refractivity contribution in [1.82, 2.24) is 25.2 Å². The Kier molecular flexibility index (Phi) is 8.56. The Bertz CT molecular complexity index is 981. The third-order valence-corrected chi connectivity index (χ3v) is 5.93. The van der Waals surface area contributed by atoms with Gasteiger partial charge in [0, 0.05) is 38.7 Å². The molecule has 2 saturated heterocycles. The number of aromatic nitrogens is 3. The standard InChI is InChI=1S/C23H31N9O2/c1-24-21-15-29-22(16-28-21)31-20-11-18(26-13-17-3-2-5-25-12-17)19(14-27-20)30-23(33)4-6-32-7-9-34-10-8-32/h11,14-17,25H,2-10,12-13H2,(H,30,33)(H2,26,27,29,31). The summed E-state index contributed by atoms with van der Waals surface area (Å²) in [6.07, 6.45) is 7.30. The molecule has 4 N–H and O–H groups in total. The number of amides is 1. The van der Waals surface area contributed by atoms with Gasteiger partial charge in [0.15, 0.2) is 12.0 Å². The third kappa shape index (κ3) is 7.08. The highest BCUT2D eigenvalue weighted by molar-refractivity contribution is 5.94. The Morgan fingerprint density at radius 2 is 2.03 bits per heavy atom. The molecule has 2 aliphatic heterocycles. The SMILES string of the molecule is [C-]#[N+]c1cnc(Nc2cc(NCC3CCCNC3)c(NC(=O)CCN3CCOCC3)cn2)cn1. The third-order valence-electron chi connectivity index (χ3n) is 5.93. The topological polar surface area (TPSA) is 121 Å². The molecule has 2 aromatic heterocycles. The van der Waals surface area contributed by atoms with Gasteiger partial charge in [0.25, 0.3) is 5.82 Å². The minimum Gasteiger partial charge on any atom is -0.383 e. The Morgan fingerprint density at radius 3 is 2.76 bits per heavy atom. The molecule has 34 heavy (non-hydrogen) atoms. The highest BCUT2D eigenvalue weighted by atomic mass is 16.5. The van der Waals surface area contributed by atoms with E-state index in [0.717, 1.165) is 51.6 Å². The maximum atomic E-state index is 12.7. The first-order valence-corrected chi connectivity index (χ1v) is 11.7. The molecule has 180 valence electrons. The first kappa shape index (κ1) is 23.8. The number of hydrogen-bond acceptors (Lipinski definition) is 9. The molecular formula is C23H31N9O2. The normalized spacial score (nSPS) is 18.6. The van der Waals surface area contributed by atoms with Gasteiger partial charge in [-0.25, -0.2) is 9.97 Å². The lowest BCUT2D eigenvalue weighted by Crippen LogP contribution is -2.38. The molecule has 1 unspecified atom stereocenters. The number of carbonyl (C=O) groups excluding carboxylic acids is 1. The van der Waals surface area contributed by atoms with Gasteiger partial charge >= 0.3 is 0 Å². The summed E-state index contributed by atoms with van der Waals surface area (Å²) in [6.45, 7) is 13.7. The second kappa shape index (κ2) is 12.2. The van der Waals surface area contributed by atoms with Gasteiger partial charge in [-0.3, -0.25) is 9.69 Å². The molecule has 2 aromatic rings. The van der Waals surface area contributed by atoms with Gasteiger partial charge < -0.3 is 30.8 Å². The molecule has 0 radical (unpaired) electrons. The van der Waals surface area contributed by atoms with Crippen molar-refractivity contribution in [3.05, 3.63) is 36.1 Å². The number of nitrogens with zero attached hydrogens (tertiary/aromatic N) is 5. The molecule has 1 amide bonds. The fraction of sp³-hybridized carbons (Fsp3) is 0.522. The second-order valence-corrected chi connectivity index (χ2v) is 8.46. The maximum absolute atomic E-state index is 12.7. The van der Waals surface area contributed by atoms with Crippen LogP contribution in [0.4, 0.5) is 28.8 Å². The van der Waals surface area contributed by atoms with Crippen LogP contribution in [0.15, 0.2) is 24.7 Å². The van der Waals surface area contributed by atoms with Crippen LogP contribution < -0.4 is 21.3 Å². The van der Waals surface area contributed by atoms with E-state index >= 15 is 0 Å². The molecule has 0 spiro atoms. The van der Waals surface area contributed by atoms with Crippen LogP contribution in [0.1, 0.15) is 19.3 Å². The number of ether oxygens (including phenoxy) is 1. The van der Waals surface area contributed by atoms with E-state index in [1.807, 2.05) is 6.07 Å². The van der Waals surface area contributed by atoms with Crippen molar-refractivity contribution in [1.29, 1.82) is 0 Å². The van der Waals surface area contributed by atoms with Gasteiger partial charge in [0.2, 0.25) is 5.91 Å². The number of pyridine rings is 1. The van der Waals surface area contributed by atoms with Crippen LogP contribution in [0.5, 0.6) is 0 Å². The number of morpholine rings is 1. The average molecular weight is 466 g/mol. The van der Waals surface area contributed by atoms with Crippen molar-refractivity contribution in [2.45, 2.75) is 19.3 Å². The van der Waals surface area contributed by atoms with E-state index in [2.05, 4.69) is 46.0 Å². The van der Waals surface area contributed by atoms with E-state index in [1.165, 1.54) is 25.2 Å². The lowest BCUT2D eigenvalue weighted by molar-refractivity contribution is -0.116. The first-order chi connectivity index (χ1) is 16.7. The minimum absolute atomic E-state index is 0.0445. The summed E-state index contributed by atoms with van der Waals surface area (Å²) in [5, 5.41) is 13.1. The molecule has 4 heterocycles. The first-order valence-electron chi connectivity index (χ1n) is 11.7. The van der Waals surface area contributed by atoms with E-state index in [-0.39, 0.29) is 11.7 Å². The fourth-order valence-electron chi connectivity index (χ4n) is 3.99. The number of carbonyl (C=O) groups is 1. The molecule has 0 aromatic carbocycles. The molecule has 1 atom stereocenters. The van der Waals surface area contributed by atoms with E-state index in [0.29, 0.717) is 36.2 Å². The summed E-state index contributed by atoms with van der Waals surface area (Å²) in [7, 11) is 0. The van der Waals surface area contributed by atoms with Crippen LogP contribution in [0.3, 0.4) is 0 Å². The molecule has 4 rings (SSSR count). The van der Waals surface area contributed by atoms with Crippen LogP contribution in [-0.2, 0) is 9.53 Å². The number of rotatable bonds is 9. The van der Waals surface area contributed by atoms with Crippen LogP contribution in [0.2, 0.25) is 0 Å². The van der Waals surface area contributed by atoms with Gasteiger partial charge in [-0.15, -0.1) is 4.98 Å². The van der Waals surface area contributed by atoms with E-state index < -0.39 is 0 Å². The second-order valence-electron chi connectivity index (χ2n) is 8.46. The highest BCUT2D eigenvalue weighted by Gasteiger charge is 2.16. The van der Waals surface area contributed by atoms with Gasteiger partial charge in [-0.2, -0.15) is 0 Å². The lowest BCUT2D eigenvalue weighted by atomic mass is 10.00. The Hall–Kier alpha value is -3.33. The zero-order valence-corrected chi connectivity index (χ0v) is 19.2. The largest absolute Gasteiger partial charge is 0.383 e. The molecule has 2 aliphatic rings. The molecular weight excluding hydrogens is 434 g/mol. The molecule has 0 aliphatic carbocycles. The zero-order valence-electron chi connectivity index (χ0n) is 19.2. The Labute approximate surface area is 199 Å². The van der Waals surface area contributed by atoms with E-state index in [4.69, 9.17) is 11.3 Å². The molecule has 11 heteroatoms. The summed E-state index contributed by atoms with van der Waals surface area (Å²) in [4.78, 5) is 30.8. The van der Waals surface area contributed by atoms with Crippen molar-refractivity contribution in [3.63, 3.8) is 0 Å². The van der Waals surface area contributed by atoms with Gasteiger partial charge in [0.05, 0.1) is 37.0 Å². The monoisotopic (exact) mass is 465 g/mol. The van der Waals surface area contributed by atoms with E-state index in [1.54, 1.807) is 6.20 Å². The maximum Gasteiger partial charge on any atom is 0.288 e. The van der Waals surface area contributed by atoms with Crippen molar-refractivity contribution >= 4 is 34.7 Å². The quantitative estimate of drug-likeness (QED) is 0.413. The van der Waals surface area contributed by atoms with Crippen LogP contribution >= 0.6 is 0 Å². The van der Waals surface area contributed by atoms with Crippen molar-refractivity contribution in [2.24, 2.45) is 5.92 Å². The lowest BCUT2D eigenvalue weighted by Gasteiger charge is -2.26. The summed E-state index contributed by atoms with van der Waals surface area (Å²) in [6, 6.07) is 1.86. The highest BCUT2D eigenvalue weighted by Crippen LogP contribution is 2.26. The molecule has 0 bridgehead atoms. The summed E-state index contributed by atoms with van der Waals surface area (Å²) in [5.74, 6) is 1.77. The van der Waals surface area contributed by atoms with Gasteiger partial charge in [0.1, 0.15) is 5.82 Å². The minimum atomic E-state index is -0.0445. The van der Waals surface area contributed by atoms with Crippen LogP contribution in [-0.4, -0.2) is 78.2 Å². The van der Waals surface area contributed by atoms with Crippen molar-refractivity contribution in [2.75, 3.05) is 68.4 Å². The van der Waals surface area contributed by atoms with Gasteiger partial charge in [-0.05, 0) is 31.8 Å². The average Bonchev–Trinajstić information content (AvgIpc) is 2.89. The molecule has 11 nitrogen and oxygen atoms in total. The number of piperidine rings is 1.